The second kappa shape index (κ2) is 7.20. The van der Waals surface area contributed by atoms with Crippen molar-refractivity contribution < 1.29 is 12.6 Å². The molecule has 5 heteroatoms. The number of rotatable bonds is 2. The molecule has 0 aliphatic heterocycles. The summed E-state index contributed by atoms with van der Waals surface area (Å²) in [7, 11) is 0.526. The minimum absolute atomic E-state index is 0.0428. The van der Waals surface area contributed by atoms with Gasteiger partial charge in [-0.05, 0) is 26.9 Å². The molecule has 1 aliphatic rings. The minimum Gasteiger partial charge on any atom is -0.323 e. The predicted molar refractivity (Wildman–Crippen MR) is 57.8 cm³/mol. The third kappa shape index (κ3) is 8.47. The lowest BCUT2D eigenvalue weighted by Crippen LogP contribution is -2.20. The molecule has 1 aliphatic carbocycles. The summed E-state index contributed by atoms with van der Waals surface area (Å²) in [5, 5.41) is 2.75. The molecule has 0 unspecified atom stereocenters. The fourth-order valence-electron chi connectivity index (χ4n) is 1.41. The van der Waals surface area contributed by atoms with Crippen molar-refractivity contribution in [3.63, 3.8) is 0 Å². The summed E-state index contributed by atoms with van der Waals surface area (Å²) >= 11 is 0. The zero-order chi connectivity index (χ0) is 11.0. The fraction of sp³-hybridized carbons (Fsp3) is 1.00. The van der Waals surface area contributed by atoms with Crippen molar-refractivity contribution in [3.8, 4) is 0 Å². The molecule has 0 aromatic heterocycles. The fourth-order valence-corrected chi connectivity index (χ4v) is 2.10. The molecule has 1 N–H and O–H groups in total. The summed E-state index contributed by atoms with van der Waals surface area (Å²) < 4.78 is 26.2. The van der Waals surface area contributed by atoms with Crippen LogP contribution in [0, 0.1) is 0 Å². The first-order chi connectivity index (χ1) is 6.49. The highest BCUT2D eigenvalue weighted by Crippen LogP contribution is 2.21. The van der Waals surface area contributed by atoms with E-state index in [0.717, 1.165) is 31.9 Å². The number of nitrogens with one attached hydrogen (secondary N) is 1. The van der Waals surface area contributed by atoms with Crippen LogP contribution in [0.15, 0.2) is 0 Å². The Bertz CT molecular complexity index is 220. The molecule has 0 aromatic rings. The highest BCUT2D eigenvalue weighted by atomic mass is 32.2. The van der Waals surface area contributed by atoms with Crippen molar-refractivity contribution in [1.29, 1.82) is 0 Å². The smallest absolute Gasteiger partial charge is 0.264 e. The van der Waals surface area contributed by atoms with Crippen LogP contribution in [0.4, 0.5) is 0 Å². The van der Waals surface area contributed by atoms with E-state index in [4.69, 9.17) is 4.18 Å². The largest absolute Gasteiger partial charge is 0.323 e. The predicted octanol–water partition coefficient (Wildman–Crippen LogP) is 1.13. The van der Waals surface area contributed by atoms with Crippen molar-refractivity contribution in [3.05, 3.63) is 0 Å². The van der Waals surface area contributed by atoms with Gasteiger partial charge in [0, 0.05) is 0 Å². The van der Waals surface area contributed by atoms with Crippen LogP contribution >= 0.6 is 0 Å². The van der Waals surface area contributed by atoms with Crippen molar-refractivity contribution in [1.82, 2.24) is 5.32 Å². The van der Waals surface area contributed by atoms with Crippen LogP contribution in [0.2, 0.25) is 0 Å². The Labute approximate surface area is 87.2 Å². The van der Waals surface area contributed by atoms with Crippen LogP contribution in [0.1, 0.15) is 32.1 Å². The SMILES string of the molecule is CNC.CS(=O)(=O)OC1CCCCC1. The van der Waals surface area contributed by atoms with Gasteiger partial charge in [-0.15, -0.1) is 0 Å². The summed E-state index contributed by atoms with van der Waals surface area (Å²) in [5.74, 6) is 0. The molecule has 0 radical (unpaired) electrons. The first-order valence-corrected chi connectivity index (χ1v) is 6.78. The standard InChI is InChI=1S/C7H14O3S.C2H7N/c1-11(8,9)10-7-5-3-2-4-6-7;1-3-2/h7H,2-6H2,1H3;3H,1-2H3. The highest BCUT2D eigenvalue weighted by molar-refractivity contribution is 7.86. The van der Waals surface area contributed by atoms with Gasteiger partial charge in [-0.2, -0.15) is 8.42 Å². The van der Waals surface area contributed by atoms with Crippen LogP contribution in [-0.2, 0) is 14.3 Å². The average molecular weight is 223 g/mol. The zero-order valence-corrected chi connectivity index (χ0v) is 10.1. The van der Waals surface area contributed by atoms with Gasteiger partial charge in [-0.25, -0.2) is 0 Å². The van der Waals surface area contributed by atoms with Crippen molar-refractivity contribution in [2.24, 2.45) is 0 Å². The molecule has 1 rings (SSSR count). The Morgan fingerprint density at radius 3 is 1.93 bits per heavy atom. The highest BCUT2D eigenvalue weighted by Gasteiger charge is 2.17. The van der Waals surface area contributed by atoms with E-state index in [-0.39, 0.29) is 6.10 Å². The first kappa shape index (κ1) is 13.9. The van der Waals surface area contributed by atoms with Crippen LogP contribution in [0.3, 0.4) is 0 Å². The van der Waals surface area contributed by atoms with Gasteiger partial charge in [-0.3, -0.25) is 4.18 Å². The van der Waals surface area contributed by atoms with E-state index >= 15 is 0 Å². The van der Waals surface area contributed by atoms with E-state index in [2.05, 4.69) is 5.32 Å². The molecular weight excluding hydrogens is 202 g/mol. The van der Waals surface area contributed by atoms with Gasteiger partial charge in [0.1, 0.15) is 0 Å². The molecule has 0 heterocycles. The molecule has 0 atom stereocenters. The molecule has 0 amide bonds. The maximum atomic E-state index is 10.7. The molecule has 4 nitrogen and oxygen atoms in total. The molecular formula is C9H21NO3S. The Kier molecular flexibility index (Phi) is 7.13. The van der Waals surface area contributed by atoms with Crippen molar-refractivity contribution >= 4 is 10.1 Å². The number of hydrogen-bond donors (Lipinski definition) is 1. The molecule has 0 saturated heterocycles. The zero-order valence-electron chi connectivity index (χ0n) is 9.25. The molecule has 1 fully saturated rings. The molecule has 86 valence electrons. The molecule has 0 spiro atoms. The molecule has 0 bridgehead atoms. The first-order valence-electron chi connectivity index (χ1n) is 4.96. The third-order valence-corrected chi connectivity index (χ3v) is 2.48. The van der Waals surface area contributed by atoms with E-state index in [9.17, 15) is 8.42 Å². The quantitative estimate of drug-likeness (QED) is 0.713. The van der Waals surface area contributed by atoms with Gasteiger partial charge >= 0.3 is 0 Å². The van der Waals surface area contributed by atoms with Gasteiger partial charge in [0.05, 0.1) is 12.4 Å². The van der Waals surface area contributed by atoms with Crippen LogP contribution in [0.25, 0.3) is 0 Å². The van der Waals surface area contributed by atoms with Crippen molar-refractivity contribution in [2.45, 2.75) is 38.2 Å². The number of hydrogen-bond acceptors (Lipinski definition) is 4. The summed E-state index contributed by atoms with van der Waals surface area (Å²) in [6.07, 6.45) is 6.27. The van der Waals surface area contributed by atoms with Gasteiger partial charge in [0.25, 0.3) is 10.1 Å². The maximum Gasteiger partial charge on any atom is 0.264 e. The summed E-state index contributed by atoms with van der Waals surface area (Å²) in [6, 6.07) is 0. The summed E-state index contributed by atoms with van der Waals surface area (Å²) in [5.41, 5.74) is 0. The maximum absolute atomic E-state index is 10.7. The van der Waals surface area contributed by atoms with E-state index < -0.39 is 10.1 Å². The lowest BCUT2D eigenvalue weighted by atomic mass is 9.98. The normalized spacial score (nSPS) is 18.5. The Morgan fingerprint density at radius 2 is 1.57 bits per heavy atom. The Balaban J connectivity index is 0.000000500. The van der Waals surface area contributed by atoms with E-state index in [1.807, 2.05) is 14.1 Å². The minimum atomic E-state index is -3.22. The second-order valence-electron chi connectivity index (χ2n) is 3.56. The van der Waals surface area contributed by atoms with E-state index in [0.29, 0.717) is 0 Å². The second-order valence-corrected chi connectivity index (χ2v) is 5.16. The summed E-state index contributed by atoms with van der Waals surface area (Å²) in [6.45, 7) is 0. The molecule has 1 saturated carbocycles. The third-order valence-electron chi connectivity index (χ3n) is 1.86. The van der Waals surface area contributed by atoms with Crippen molar-refractivity contribution in [2.75, 3.05) is 20.4 Å². The lowest BCUT2D eigenvalue weighted by molar-refractivity contribution is 0.164. The van der Waals surface area contributed by atoms with E-state index in [1.54, 1.807) is 0 Å². The summed E-state index contributed by atoms with van der Waals surface area (Å²) in [4.78, 5) is 0. The van der Waals surface area contributed by atoms with Crippen LogP contribution in [0.5, 0.6) is 0 Å². The van der Waals surface area contributed by atoms with Gasteiger partial charge in [0.15, 0.2) is 0 Å². The van der Waals surface area contributed by atoms with Crippen LogP contribution in [-0.4, -0.2) is 34.9 Å². The van der Waals surface area contributed by atoms with Gasteiger partial charge in [0.2, 0.25) is 0 Å². The molecule has 14 heavy (non-hydrogen) atoms. The monoisotopic (exact) mass is 223 g/mol. The topological polar surface area (TPSA) is 55.4 Å². The molecule has 0 aromatic carbocycles. The van der Waals surface area contributed by atoms with Gasteiger partial charge < -0.3 is 5.32 Å². The Morgan fingerprint density at radius 1 is 1.14 bits per heavy atom. The van der Waals surface area contributed by atoms with Crippen LogP contribution < -0.4 is 5.32 Å². The van der Waals surface area contributed by atoms with Gasteiger partial charge in [-0.1, -0.05) is 19.3 Å². The van der Waals surface area contributed by atoms with E-state index in [1.165, 1.54) is 6.42 Å². The average Bonchev–Trinajstić information content (AvgIpc) is 2.04. The lowest BCUT2D eigenvalue weighted by Gasteiger charge is -2.19. The Hall–Kier alpha value is -0.130.